The lowest BCUT2D eigenvalue weighted by atomic mass is 9.91. The molecule has 0 aromatic carbocycles. The number of hydrogen-bond acceptors (Lipinski definition) is 2. The Morgan fingerprint density at radius 1 is 1.38 bits per heavy atom. The van der Waals surface area contributed by atoms with Crippen molar-refractivity contribution in [2.75, 3.05) is 19.6 Å². The Morgan fingerprint density at radius 3 is 2.56 bits per heavy atom. The highest BCUT2D eigenvalue weighted by molar-refractivity contribution is 5.82. The van der Waals surface area contributed by atoms with Gasteiger partial charge in [-0.3, -0.25) is 4.79 Å². The van der Waals surface area contributed by atoms with Crippen LogP contribution in [0, 0.1) is 16.7 Å². The SMILES string of the molecule is CC(C)(C)CNC(=O)C1CC12CCNCC2. The normalized spacial score (nSPS) is 27.8. The first-order valence-electron chi connectivity index (χ1n) is 6.41. The number of rotatable bonds is 2. The van der Waals surface area contributed by atoms with Crippen LogP contribution in [0.1, 0.15) is 40.0 Å². The number of hydrogen-bond donors (Lipinski definition) is 2. The Hall–Kier alpha value is -0.570. The summed E-state index contributed by atoms with van der Waals surface area (Å²) in [6.07, 6.45) is 3.48. The Labute approximate surface area is 98.4 Å². The lowest BCUT2D eigenvalue weighted by molar-refractivity contribution is -0.123. The standard InChI is InChI=1S/C13H24N2O/c1-12(2,3)9-15-11(16)10-8-13(10)4-6-14-7-5-13/h10,14H,4-9H2,1-3H3,(H,15,16). The van der Waals surface area contributed by atoms with E-state index in [9.17, 15) is 4.79 Å². The average Bonchev–Trinajstić information content (AvgIpc) is 2.89. The number of piperidine rings is 1. The summed E-state index contributed by atoms with van der Waals surface area (Å²) < 4.78 is 0. The number of amides is 1. The van der Waals surface area contributed by atoms with Crippen molar-refractivity contribution in [2.24, 2.45) is 16.7 Å². The highest BCUT2D eigenvalue weighted by Crippen LogP contribution is 2.58. The van der Waals surface area contributed by atoms with Gasteiger partial charge in [-0.1, -0.05) is 20.8 Å². The quantitative estimate of drug-likeness (QED) is 0.747. The predicted molar refractivity (Wildman–Crippen MR) is 65.1 cm³/mol. The Bertz CT molecular complexity index is 274. The summed E-state index contributed by atoms with van der Waals surface area (Å²) in [6, 6.07) is 0. The van der Waals surface area contributed by atoms with Gasteiger partial charge in [-0.2, -0.15) is 0 Å². The molecule has 0 radical (unpaired) electrons. The van der Waals surface area contributed by atoms with Crippen LogP contribution in [0.25, 0.3) is 0 Å². The molecular formula is C13H24N2O. The summed E-state index contributed by atoms with van der Waals surface area (Å²) in [4.78, 5) is 12.0. The molecule has 16 heavy (non-hydrogen) atoms. The molecule has 92 valence electrons. The zero-order valence-corrected chi connectivity index (χ0v) is 10.7. The summed E-state index contributed by atoms with van der Waals surface area (Å²) in [6.45, 7) is 9.42. The van der Waals surface area contributed by atoms with Gasteiger partial charge in [-0.15, -0.1) is 0 Å². The third kappa shape index (κ3) is 2.57. The molecule has 1 aliphatic carbocycles. The summed E-state index contributed by atoms with van der Waals surface area (Å²) in [5.74, 6) is 0.591. The largest absolute Gasteiger partial charge is 0.355 e. The second-order valence-electron chi connectivity index (χ2n) is 6.65. The van der Waals surface area contributed by atoms with E-state index in [2.05, 4.69) is 31.4 Å². The molecule has 2 aliphatic rings. The van der Waals surface area contributed by atoms with Crippen LogP contribution in [-0.4, -0.2) is 25.5 Å². The molecule has 1 saturated heterocycles. The van der Waals surface area contributed by atoms with E-state index in [1.54, 1.807) is 0 Å². The van der Waals surface area contributed by atoms with Crippen LogP contribution in [-0.2, 0) is 4.79 Å². The smallest absolute Gasteiger partial charge is 0.223 e. The molecule has 1 unspecified atom stereocenters. The van der Waals surface area contributed by atoms with Crippen molar-refractivity contribution in [1.29, 1.82) is 0 Å². The van der Waals surface area contributed by atoms with Crippen LogP contribution in [0.2, 0.25) is 0 Å². The van der Waals surface area contributed by atoms with E-state index in [0.717, 1.165) is 26.1 Å². The molecule has 1 heterocycles. The monoisotopic (exact) mass is 224 g/mol. The minimum absolute atomic E-state index is 0.186. The van der Waals surface area contributed by atoms with E-state index < -0.39 is 0 Å². The number of carbonyl (C=O) groups is 1. The Balaban J connectivity index is 1.80. The summed E-state index contributed by atoms with van der Waals surface area (Å²) in [7, 11) is 0. The summed E-state index contributed by atoms with van der Waals surface area (Å²) in [5, 5.41) is 6.46. The fraction of sp³-hybridized carbons (Fsp3) is 0.923. The van der Waals surface area contributed by atoms with Crippen molar-refractivity contribution in [1.82, 2.24) is 10.6 Å². The minimum atomic E-state index is 0.186. The minimum Gasteiger partial charge on any atom is -0.355 e. The topological polar surface area (TPSA) is 41.1 Å². The lowest BCUT2D eigenvalue weighted by Gasteiger charge is -2.24. The molecular weight excluding hydrogens is 200 g/mol. The van der Waals surface area contributed by atoms with E-state index in [0.29, 0.717) is 11.3 Å². The zero-order chi connectivity index (χ0) is 11.8. The second kappa shape index (κ2) is 4.02. The maximum atomic E-state index is 12.0. The summed E-state index contributed by atoms with van der Waals surface area (Å²) in [5.41, 5.74) is 0.555. The van der Waals surface area contributed by atoms with E-state index in [1.165, 1.54) is 12.8 Å². The molecule has 2 N–H and O–H groups in total. The maximum Gasteiger partial charge on any atom is 0.223 e. The van der Waals surface area contributed by atoms with Crippen molar-refractivity contribution < 1.29 is 4.79 Å². The van der Waals surface area contributed by atoms with Crippen LogP contribution < -0.4 is 10.6 Å². The van der Waals surface area contributed by atoms with Crippen LogP contribution in [0.3, 0.4) is 0 Å². The highest BCUT2D eigenvalue weighted by Gasteiger charge is 2.57. The van der Waals surface area contributed by atoms with Crippen LogP contribution in [0.4, 0.5) is 0 Å². The first-order valence-corrected chi connectivity index (χ1v) is 6.41. The van der Waals surface area contributed by atoms with Gasteiger partial charge in [0.2, 0.25) is 5.91 Å². The fourth-order valence-corrected chi connectivity index (χ4v) is 2.67. The summed E-state index contributed by atoms with van der Waals surface area (Å²) >= 11 is 0. The Kier molecular flexibility index (Phi) is 2.99. The lowest BCUT2D eigenvalue weighted by Crippen LogP contribution is -2.36. The molecule has 0 aromatic rings. The van der Waals surface area contributed by atoms with Gasteiger partial charge in [0.25, 0.3) is 0 Å². The molecule has 1 amide bonds. The molecule has 1 atom stereocenters. The maximum absolute atomic E-state index is 12.0. The van der Waals surface area contributed by atoms with E-state index in [1.807, 2.05) is 0 Å². The predicted octanol–water partition coefficient (Wildman–Crippen LogP) is 1.54. The van der Waals surface area contributed by atoms with Gasteiger partial charge in [0.1, 0.15) is 0 Å². The Morgan fingerprint density at radius 2 is 2.00 bits per heavy atom. The van der Waals surface area contributed by atoms with Gasteiger partial charge in [-0.25, -0.2) is 0 Å². The van der Waals surface area contributed by atoms with Crippen LogP contribution in [0.15, 0.2) is 0 Å². The molecule has 0 aromatic heterocycles. The van der Waals surface area contributed by atoms with Crippen molar-refractivity contribution >= 4 is 5.91 Å². The van der Waals surface area contributed by atoms with Gasteiger partial charge in [-0.05, 0) is 43.2 Å². The molecule has 1 aliphatic heterocycles. The van der Waals surface area contributed by atoms with Gasteiger partial charge in [0, 0.05) is 12.5 Å². The van der Waals surface area contributed by atoms with Crippen molar-refractivity contribution in [3.05, 3.63) is 0 Å². The highest BCUT2D eigenvalue weighted by atomic mass is 16.2. The molecule has 2 rings (SSSR count). The molecule has 3 heteroatoms. The molecule has 0 bridgehead atoms. The van der Waals surface area contributed by atoms with Crippen molar-refractivity contribution in [3.63, 3.8) is 0 Å². The number of nitrogens with one attached hydrogen (secondary N) is 2. The van der Waals surface area contributed by atoms with Gasteiger partial charge in [0.05, 0.1) is 0 Å². The van der Waals surface area contributed by atoms with Crippen molar-refractivity contribution in [2.45, 2.75) is 40.0 Å². The van der Waals surface area contributed by atoms with Gasteiger partial charge >= 0.3 is 0 Å². The third-order valence-electron chi connectivity index (χ3n) is 3.90. The first kappa shape index (κ1) is 11.9. The average molecular weight is 224 g/mol. The first-order chi connectivity index (χ1) is 7.43. The molecule has 1 spiro atoms. The van der Waals surface area contributed by atoms with E-state index in [4.69, 9.17) is 0 Å². The zero-order valence-electron chi connectivity index (χ0n) is 10.7. The van der Waals surface area contributed by atoms with Crippen LogP contribution in [0.5, 0.6) is 0 Å². The van der Waals surface area contributed by atoms with E-state index in [-0.39, 0.29) is 11.3 Å². The van der Waals surface area contributed by atoms with E-state index >= 15 is 0 Å². The number of carbonyl (C=O) groups excluding carboxylic acids is 1. The second-order valence-corrected chi connectivity index (χ2v) is 6.65. The molecule has 1 saturated carbocycles. The van der Waals surface area contributed by atoms with Gasteiger partial charge < -0.3 is 10.6 Å². The molecule has 2 fully saturated rings. The van der Waals surface area contributed by atoms with Gasteiger partial charge in [0.15, 0.2) is 0 Å². The van der Waals surface area contributed by atoms with Crippen LogP contribution >= 0.6 is 0 Å². The fourth-order valence-electron chi connectivity index (χ4n) is 2.67. The van der Waals surface area contributed by atoms with Crippen molar-refractivity contribution in [3.8, 4) is 0 Å². The third-order valence-corrected chi connectivity index (χ3v) is 3.90. The molecule has 3 nitrogen and oxygen atoms in total.